The third-order valence-electron chi connectivity index (χ3n) is 15.1. The first-order valence-corrected chi connectivity index (χ1v) is 20.7. The van der Waals surface area contributed by atoms with E-state index in [0.717, 1.165) is 23.7 Å². The first-order chi connectivity index (χ1) is 25.4. The number of anilines is 3. The Hall–Kier alpha value is -4.10. The fraction of sp³-hybridized carbons (Fsp3) is 0.423. The summed E-state index contributed by atoms with van der Waals surface area (Å²) in [6.07, 6.45) is 9.47. The van der Waals surface area contributed by atoms with Crippen LogP contribution in [0.4, 0.5) is 17.1 Å². The van der Waals surface area contributed by atoms with Crippen LogP contribution in [0.5, 0.6) is 0 Å². The molecule has 0 aliphatic heterocycles. The molecule has 6 aliphatic carbocycles. The van der Waals surface area contributed by atoms with Gasteiger partial charge in [0.15, 0.2) is 0 Å². The van der Waals surface area contributed by atoms with E-state index in [1.165, 1.54) is 101 Å². The Morgan fingerprint density at radius 1 is 0.528 bits per heavy atom. The lowest BCUT2D eigenvalue weighted by Gasteiger charge is -2.61. The summed E-state index contributed by atoms with van der Waals surface area (Å²) in [5.74, 6) is 3.29. The van der Waals surface area contributed by atoms with Gasteiger partial charge in [0, 0.05) is 27.9 Å². The van der Waals surface area contributed by atoms with Crippen molar-refractivity contribution in [3.05, 3.63) is 137 Å². The molecule has 0 unspecified atom stereocenters. The molecule has 53 heavy (non-hydrogen) atoms. The smallest absolute Gasteiger partial charge is 0.0621 e. The van der Waals surface area contributed by atoms with E-state index in [2.05, 4.69) is 163 Å². The highest BCUT2D eigenvalue weighted by atomic mass is 15.1. The van der Waals surface area contributed by atoms with Crippen LogP contribution in [0.15, 0.2) is 109 Å². The second-order valence-electron chi connectivity index (χ2n) is 20.1. The van der Waals surface area contributed by atoms with Gasteiger partial charge in [-0.25, -0.2) is 0 Å². The van der Waals surface area contributed by atoms with Crippen molar-refractivity contribution < 1.29 is 0 Å². The summed E-state index contributed by atoms with van der Waals surface area (Å²) in [5.41, 5.74) is 17.5. The molecule has 4 saturated carbocycles. The zero-order chi connectivity index (χ0) is 36.5. The first kappa shape index (κ1) is 33.5. The van der Waals surface area contributed by atoms with Crippen molar-refractivity contribution in [1.82, 2.24) is 0 Å². The highest BCUT2D eigenvalue weighted by Gasteiger charge is 2.62. The summed E-state index contributed by atoms with van der Waals surface area (Å²) in [6.45, 7) is 16.8. The third-order valence-corrected chi connectivity index (χ3v) is 15.1. The van der Waals surface area contributed by atoms with Crippen molar-refractivity contribution in [3.8, 4) is 22.3 Å². The molecule has 4 bridgehead atoms. The van der Waals surface area contributed by atoms with E-state index < -0.39 is 0 Å². The number of nitrogens with zero attached hydrogens (tertiary/aromatic N) is 1. The summed E-state index contributed by atoms with van der Waals surface area (Å²) >= 11 is 0. The number of fused-ring (bicyclic) bond motifs is 4. The van der Waals surface area contributed by atoms with E-state index in [-0.39, 0.29) is 21.7 Å². The van der Waals surface area contributed by atoms with Crippen molar-refractivity contribution in [2.45, 2.75) is 115 Å². The van der Waals surface area contributed by atoms with Crippen molar-refractivity contribution in [3.63, 3.8) is 0 Å². The molecule has 5 aromatic rings. The van der Waals surface area contributed by atoms with E-state index in [1.54, 1.807) is 11.1 Å². The third kappa shape index (κ3) is 4.87. The van der Waals surface area contributed by atoms with Crippen LogP contribution < -0.4 is 4.90 Å². The van der Waals surface area contributed by atoms with Crippen LogP contribution in [0, 0.1) is 23.7 Å². The minimum absolute atomic E-state index is 0.101. The lowest BCUT2D eigenvalue weighted by molar-refractivity contribution is -0.0399. The number of benzene rings is 5. The molecule has 11 rings (SSSR count). The van der Waals surface area contributed by atoms with Crippen LogP contribution in [0.3, 0.4) is 0 Å². The molecule has 0 radical (unpaired) electrons. The second-order valence-corrected chi connectivity index (χ2v) is 20.1. The fourth-order valence-electron chi connectivity index (χ4n) is 12.5. The molecule has 5 aromatic carbocycles. The number of rotatable bonds is 4. The SMILES string of the molecule is CC(C)(C)c1ccc(-c2ccc3c(c2N(c2ccccc2)c2ccc4c(c2)C(C)(C)CCC4(C)C)-c2ccccc2C32C3CC4CC(C3)CC2C4)cc1. The Kier molecular flexibility index (Phi) is 7.23. The molecular weight excluding hydrogens is 639 g/mol. The predicted octanol–water partition coefficient (Wildman–Crippen LogP) is 14.2. The van der Waals surface area contributed by atoms with Crippen LogP contribution in [0.1, 0.15) is 121 Å². The van der Waals surface area contributed by atoms with Crippen molar-refractivity contribution in [2.24, 2.45) is 23.7 Å². The Labute approximate surface area is 318 Å². The minimum atomic E-state index is 0.101. The molecular formula is C52H57N. The van der Waals surface area contributed by atoms with Gasteiger partial charge >= 0.3 is 0 Å². The van der Waals surface area contributed by atoms with E-state index in [4.69, 9.17) is 0 Å². The molecule has 270 valence electrons. The second kappa shape index (κ2) is 11.5. The Morgan fingerprint density at radius 3 is 1.79 bits per heavy atom. The minimum Gasteiger partial charge on any atom is -0.309 e. The number of hydrogen-bond donors (Lipinski definition) is 0. The van der Waals surface area contributed by atoms with Gasteiger partial charge in [-0.05, 0) is 148 Å². The van der Waals surface area contributed by atoms with Crippen LogP contribution >= 0.6 is 0 Å². The first-order valence-electron chi connectivity index (χ1n) is 20.7. The van der Waals surface area contributed by atoms with Crippen molar-refractivity contribution in [2.75, 3.05) is 4.90 Å². The lowest BCUT2D eigenvalue weighted by atomic mass is 9.43. The van der Waals surface area contributed by atoms with E-state index in [9.17, 15) is 0 Å². The maximum atomic E-state index is 2.66. The van der Waals surface area contributed by atoms with Crippen molar-refractivity contribution >= 4 is 17.1 Å². The molecule has 4 fully saturated rings. The van der Waals surface area contributed by atoms with Gasteiger partial charge in [-0.3, -0.25) is 0 Å². The average Bonchev–Trinajstić information content (AvgIpc) is 3.44. The molecule has 0 atom stereocenters. The predicted molar refractivity (Wildman–Crippen MR) is 224 cm³/mol. The summed E-state index contributed by atoms with van der Waals surface area (Å²) in [4.78, 5) is 2.66. The normalized spacial score (nSPS) is 27.0. The van der Waals surface area contributed by atoms with Crippen LogP contribution in [-0.2, 0) is 21.7 Å². The van der Waals surface area contributed by atoms with Crippen LogP contribution in [0.2, 0.25) is 0 Å². The fourth-order valence-corrected chi connectivity index (χ4v) is 12.5. The topological polar surface area (TPSA) is 3.24 Å². The highest BCUT2D eigenvalue weighted by molar-refractivity contribution is 6.02. The molecule has 1 nitrogen and oxygen atoms in total. The molecule has 0 heterocycles. The van der Waals surface area contributed by atoms with E-state index >= 15 is 0 Å². The lowest BCUT2D eigenvalue weighted by Crippen LogP contribution is -2.55. The summed E-state index contributed by atoms with van der Waals surface area (Å²) in [7, 11) is 0. The van der Waals surface area contributed by atoms with Crippen LogP contribution in [-0.4, -0.2) is 0 Å². The number of para-hydroxylation sites is 1. The maximum absolute atomic E-state index is 2.66. The standard InChI is InChI=1S/C52H57N/c1-49(2,3)36-19-17-35(18-20-36)41-22-24-45-47(42-15-11-12-16-43(42)52(45)37-28-33-27-34(30-37)31-38(52)29-33)48(41)53(39-13-9-8-10-14-39)40-21-23-44-46(32-40)51(6,7)26-25-50(44,4)5/h8-24,32-34,37-38H,25-31H2,1-7H3. The molecule has 0 saturated heterocycles. The average molecular weight is 696 g/mol. The molecule has 0 N–H and O–H groups in total. The molecule has 0 aromatic heterocycles. The Balaban J connectivity index is 1.29. The van der Waals surface area contributed by atoms with Gasteiger partial charge in [-0.15, -0.1) is 0 Å². The summed E-state index contributed by atoms with van der Waals surface area (Å²) in [5, 5.41) is 0. The Bertz CT molecular complexity index is 2200. The van der Waals surface area contributed by atoms with Crippen LogP contribution in [0.25, 0.3) is 22.3 Å². The number of hydrogen-bond acceptors (Lipinski definition) is 1. The van der Waals surface area contributed by atoms with Gasteiger partial charge in [0.1, 0.15) is 0 Å². The van der Waals surface area contributed by atoms with E-state index in [1.807, 2.05) is 0 Å². The van der Waals surface area contributed by atoms with Crippen molar-refractivity contribution in [1.29, 1.82) is 0 Å². The van der Waals surface area contributed by atoms with Gasteiger partial charge in [-0.2, -0.15) is 0 Å². The largest absolute Gasteiger partial charge is 0.309 e. The highest BCUT2D eigenvalue weighted by Crippen LogP contribution is 2.71. The van der Waals surface area contributed by atoms with Gasteiger partial charge in [0.25, 0.3) is 0 Å². The Morgan fingerprint density at radius 2 is 1.13 bits per heavy atom. The zero-order valence-corrected chi connectivity index (χ0v) is 33.1. The molecule has 1 spiro atoms. The molecule has 6 aliphatic rings. The molecule has 1 heteroatoms. The summed E-state index contributed by atoms with van der Waals surface area (Å²) in [6, 6.07) is 43.1. The van der Waals surface area contributed by atoms with Gasteiger partial charge in [-0.1, -0.05) is 133 Å². The maximum Gasteiger partial charge on any atom is 0.0621 e. The zero-order valence-electron chi connectivity index (χ0n) is 33.1. The monoisotopic (exact) mass is 695 g/mol. The van der Waals surface area contributed by atoms with Gasteiger partial charge < -0.3 is 4.90 Å². The molecule has 0 amide bonds. The van der Waals surface area contributed by atoms with E-state index in [0.29, 0.717) is 0 Å². The van der Waals surface area contributed by atoms with Gasteiger partial charge in [0.05, 0.1) is 5.69 Å². The van der Waals surface area contributed by atoms with Gasteiger partial charge in [0.2, 0.25) is 0 Å². The summed E-state index contributed by atoms with van der Waals surface area (Å²) < 4.78 is 0. The quantitative estimate of drug-likeness (QED) is 0.181.